The fourth-order valence-electron chi connectivity index (χ4n) is 10.8. The number of anilines is 3. The molecule has 0 saturated heterocycles. The highest BCUT2D eigenvalue weighted by Gasteiger charge is 2.52. The summed E-state index contributed by atoms with van der Waals surface area (Å²) >= 11 is 0. The van der Waals surface area contributed by atoms with Crippen molar-refractivity contribution in [2.24, 2.45) is 0 Å². The minimum absolute atomic E-state index is 0.140. The topological polar surface area (TPSA) is 12.5 Å². The highest BCUT2D eigenvalue weighted by molar-refractivity contribution is 5.96. The molecule has 0 aromatic heterocycles. The molecular formula is C58H41NO. The van der Waals surface area contributed by atoms with Gasteiger partial charge < -0.3 is 9.64 Å². The number of nitrogens with zero attached hydrogens (tertiary/aromatic N) is 1. The van der Waals surface area contributed by atoms with Crippen LogP contribution in [-0.2, 0) is 10.8 Å². The van der Waals surface area contributed by atoms with Crippen molar-refractivity contribution >= 4 is 17.1 Å². The number of hydrogen-bond acceptors (Lipinski definition) is 2. The van der Waals surface area contributed by atoms with Crippen LogP contribution < -0.4 is 9.64 Å². The Kier molecular flexibility index (Phi) is 7.52. The van der Waals surface area contributed by atoms with Crippen molar-refractivity contribution in [3.8, 4) is 56.0 Å². The van der Waals surface area contributed by atoms with E-state index in [1.165, 1.54) is 72.3 Å². The lowest BCUT2D eigenvalue weighted by Crippen LogP contribution is -2.32. The average Bonchev–Trinajstić information content (AvgIpc) is 3.73. The summed E-state index contributed by atoms with van der Waals surface area (Å²) in [5.41, 5.74) is 20.1. The molecule has 2 nitrogen and oxygen atoms in total. The third kappa shape index (κ3) is 4.82. The Hall–Kier alpha value is -7.42. The molecule has 0 radical (unpaired) electrons. The van der Waals surface area contributed by atoms with E-state index in [9.17, 15) is 0 Å². The van der Waals surface area contributed by atoms with Gasteiger partial charge in [0.05, 0.1) is 11.1 Å². The molecule has 0 unspecified atom stereocenters. The van der Waals surface area contributed by atoms with Crippen LogP contribution in [0.2, 0.25) is 0 Å². The van der Waals surface area contributed by atoms with E-state index in [1.54, 1.807) is 0 Å². The first-order valence-corrected chi connectivity index (χ1v) is 20.9. The first-order chi connectivity index (χ1) is 29.5. The van der Waals surface area contributed by atoms with E-state index in [0.29, 0.717) is 0 Å². The van der Waals surface area contributed by atoms with Gasteiger partial charge in [-0.3, -0.25) is 0 Å². The standard InChI is InChI=1S/C58H41NO/c1-57(2)48-27-9-6-23-44(48)46-35-34-41(37-52(46)57)59(53-31-13-8-22-42(53)38-18-4-3-5-19-38)40-21-16-20-39(36-40)43-25-17-26-47-45-24-7-10-28-49(45)58(56(43)47)50-29-11-14-32-54(50)60-55-33-15-12-30-51(55)58/h3-37H,1-2H3. The van der Waals surface area contributed by atoms with Crippen LogP contribution in [0.1, 0.15) is 47.2 Å². The highest BCUT2D eigenvalue weighted by Crippen LogP contribution is 2.64. The zero-order chi connectivity index (χ0) is 40.0. The normalized spacial score (nSPS) is 14.2. The number of rotatable bonds is 5. The number of benzene rings is 9. The van der Waals surface area contributed by atoms with E-state index in [-0.39, 0.29) is 5.41 Å². The minimum Gasteiger partial charge on any atom is -0.457 e. The van der Waals surface area contributed by atoms with Crippen molar-refractivity contribution < 1.29 is 4.74 Å². The van der Waals surface area contributed by atoms with Crippen LogP contribution in [0.4, 0.5) is 17.1 Å². The van der Waals surface area contributed by atoms with Crippen molar-refractivity contribution in [2.75, 3.05) is 4.90 Å². The smallest absolute Gasteiger partial charge is 0.132 e. The zero-order valence-corrected chi connectivity index (χ0v) is 33.6. The highest BCUT2D eigenvalue weighted by atomic mass is 16.5. The van der Waals surface area contributed by atoms with Gasteiger partial charge >= 0.3 is 0 Å². The Balaban J connectivity index is 1.11. The summed E-state index contributed by atoms with van der Waals surface area (Å²) in [4.78, 5) is 2.47. The van der Waals surface area contributed by atoms with Gasteiger partial charge in [0.1, 0.15) is 11.5 Å². The van der Waals surface area contributed by atoms with E-state index >= 15 is 0 Å². The molecule has 0 N–H and O–H groups in total. The van der Waals surface area contributed by atoms with E-state index < -0.39 is 5.41 Å². The number of hydrogen-bond donors (Lipinski definition) is 0. The second kappa shape index (κ2) is 13.0. The van der Waals surface area contributed by atoms with E-state index in [4.69, 9.17) is 4.74 Å². The minimum atomic E-state index is -0.579. The monoisotopic (exact) mass is 767 g/mol. The summed E-state index contributed by atoms with van der Waals surface area (Å²) in [6.07, 6.45) is 0. The SMILES string of the molecule is CC1(C)c2ccccc2-c2ccc(N(c3cccc(-c4cccc5c4C4(c6ccccc6Oc6ccccc64)c4ccccc4-5)c3)c3ccccc3-c3ccccc3)cc21. The molecule has 0 saturated carbocycles. The largest absolute Gasteiger partial charge is 0.457 e. The number of fused-ring (bicyclic) bond motifs is 12. The number of para-hydroxylation sites is 3. The van der Waals surface area contributed by atoms with Crippen LogP contribution in [-0.4, -0.2) is 0 Å². The summed E-state index contributed by atoms with van der Waals surface area (Å²) in [6, 6.07) is 77.8. The Morgan fingerprint density at radius 1 is 0.350 bits per heavy atom. The van der Waals surface area contributed by atoms with Gasteiger partial charge in [-0.1, -0.05) is 184 Å². The molecule has 1 heterocycles. The van der Waals surface area contributed by atoms with Crippen molar-refractivity contribution in [3.05, 3.63) is 246 Å². The molecule has 284 valence electrons. The third-order valence-electron chi connectivity index (χ3n) is 13.3. The van der Waals surface area contributed by atoms with Crippen LogP contribution in [0.25, 0.3) is 44.5 Å². The molecular weight excluding hydrogens is 727 g/mol. The van der Waals surface area contributed by atoms with E-state index in [1.807, 2.05) is 0 Å². The predicted molar refractivity (Wildman–Crippen MR) is 247 cm³/mol. The molecule has 9 aromatic carbocycles. The fourth-order valence-corrected chi connectivity index (χ4v) is 10.8. The zero-order valence-electron chi connectivity index (χ0n) is 33.6. The molecule has 1 aliphatic heterocycles. The lowest BCUT2D eigenvalue weighted by Gasteiger charge is -2.40. The average molecular weight is 768 g/mol. The lowest BCUT2D eigenvalue weighted by molar-refractivity contribution is 0.436. The van der Waals surface area contributed by atoms with Gasteiger partial charge in [0.15, 0.2) is 0 Å². The van der Waals surface area contributed by atoms with Gasteiger partial charge in [0.2, 0.25) is 0 Å². The van der Waals surface area contributed by atoms with Crippen molar-refractivity contribution in [1.29, 1.82) is 0 Å². The first-order valence-electron chi connectivity index (χ1n) is 20.9. The molecule has 60 heavy (non-hydrogen) atoms. The van der Waals surface area contributed by atoms with Crippen LogP contribution in [0, 0.1) is 0 Å². The quantitative estimate of drug-likeness (QED) is 0.173. The maximum Gasteiger partial charge on any atom is 0.132 e. The van der Waals surface area contributed by atoms with Gasteiger partial charge in [-0.15, -0.1) is 0 Å². The molecule has 0 amide bonds. The predicted octanol–water partition coefficient (Wildman–Crippen LogP) is 15.3. The molecule has 3 aliphatic rings. The Labute approximate surface area is 351 Å². The van der Waals surface area contributed by atoms with Crippen LogP contribution in [0.5, 0.6) is 11.5 Å². The molecule has 0 fully saturated rings. The summed E-state index contributed by atoms with van der Waals surface area (Å²) in [5, 5.41) is 0. The first kappa shape index (κ1) is 34.6. The summed E-state index contributed by atoms with van der Waals surface area (Å²) in [6.45, 7) is 4.72. The number of ether oxygens (including phenoxy) is 1. The summed E-state index contributed by atoms with van der Waals surface area (Å²) in [7, 11) is 0. The van der Waals surface area contributed by atoms with Gasteiger partial charge in [-0.25, -0.2) is 0 Å². The van der Waals surface area contributed by atoms with Crippen molar-refractivity contribution in [1.82, 2.24) is 0 Å². The maximum atomic E-state index is 6.70. The van der Waals surface area contributed by atoms with Gasteiger partial charge in [0.25, 0.3) is 0 Å². The van der Waals surface area contributed by atoms with E-state index in [0.717, 1.165) is 34.1 Å². The maximum absolute atomic E-state index is 6.70. The molecule has 2 aliphatic carbocycles. The van der Waals surface area contributed by atoms with Crippen LogP contribution >= 0.6 is 0 Å². The second-order valence-corrected chi connectivity index (χ2v) is 16.8. The van der Waals surface area contributed by atoms with E-state index in [2.05, 4.69) is 231 Å². The Bertz CT molecular complexity index is 3130. The van der Waals surface area contributed by atoms with Crippen LogP contribution in [0.3, 0.4) is 0 Å². The fraction of sp³-hybridized carbons (Fsp3) is 0.0690. The van der Waals surface area contributed by atoms with Crippen LogP contribution in [0.15, 0.2) is 212 Å². The molecule has 1 spiro atoms. The summed E-state index contributed by atoms with van der Waals surface area (Å²) < 4.78 is 6.70. The van der Waals surface area contributed by atoms with Gasteiger partial charge in [-0.05, 0) is 104 Å². The summed E-state index contributed by atoms with van der Waals surface area (Å²) in [5.74, 6) is 1.79. The molecule has 0 bridgehead atoms. The third-order valence-corrected chi connectivity index (χ3v) is 13.3. The van der Waals surface area contributed by atoms with Crippen molar-refractivity contribution in [3.63, 3.8) is 0 Å². The Morgan fingerprint density at radius 2 is 0.867 bits per heavy atom. The molecule has 2 heteroatoms. The Morgan fingerprint density at radius 3 is 1.62 bits per heavy atom. The molecule has 12 rings (SSSR count). The van der Waals surface area contributed by atoms with Crippen molar-refractivity contribution in [2.45, 2.75) is 24.7 Å². The second-order valence-electron chi connectivity index (χ2n) is 16.8. The van der Waals surface area contributed by atoms with Gasteiger partial charge in [0, 0.05) is 33.5 Å². The van der Waals surface area contributed by atoms with Gasteiger partial charge in [-0.2, -0.15) is 0 Å². The lowest BCUT2D eigenvalue weighted by atomic mass is 9.64. The molecule has 0 atom stereocenters. The molecule has 9 aromatic rings.